The molecular formula is C23H17BrN2O. The summed E-state index contributed by atoms with van der Waals surface area (Å²) in [5.41, 5.74) is 5.01. The van der Waals surface area contributed by atoms with E-state index < -0.39 is 0 Å². The zero-order valence-corrected chi connectivity index (χ0v) is 16.3. The summed E-state index contributed by atoms with van der Waals surface area (Å²) in [7, 11) is 0. The number of aromatic nitrogens is 1. The Kier molecular flexibility index (Phi) is 4.73. The first-order chi connectivity index (χ1) is 13.1. The van der Waals surface area contributed by atoms with Crippen molar-refractivity contribution in [2.75, 3.05) is 5.32 Å². The Bertz CT molecular complexity index is 1150. The molecule has 0 aliphatic heterocycles. The molecule has 0 fully saturated rings. The molecule has 4 aromatic rings. The summed E-state index contributed by atoms with van der Waals surface area (Å²) in [5.74, 6) is -0.143. The number of nitrogens with zero attached hydrogens (tertiary/aromatic N) is 1. The van der Waals surface area contributed by atoms with Crippen molar-refractivity contribution >= 4 is 38.4 Å². The third-order valence-corrected chi connectivity index (χ3v) is 4.85. The number of carbonyl (C=O) groups is 1. The van der Waals surface area contributed by atoms with Crippen molar-refractivity contribution in [1.82, 2.24) is 4.98 Å². The molecule has 0 saturated heterocycles. The zero-order chi connectivity index (χ0) is 18.8. The van der Waals surface area contributed by atoms with Crippen molar-refractivity contribution in [2.24, 2.45) is 0 Å². The lowest BCUT2D eigenvalue weighted by Crippen LogP contribution is -2.13. The van der Waals surface area contributed by atoms with Crippen LogP contribution in [0.5, 0.6) is 0 Å². The highest BCUT2D eigenvalue weighted by Crippen LogP contribution is 2.27. The summed E-state index contributed by atoms with van der Waals surface area (Å²) in [6.07, 6.45) is 0. The molecule has 4 rings (SSSR count). The Labute approximate surface area is 166 Å². The molecule has 4 heteroatoms. The van der Waals surface area contributed by atoms with Gasteiger partial charge in [0.05, 0.1) is 16.8 Å². The number of fused-ring (bicyclic) bond motifs is 1. The van der Waals surface area contributed by atoms with Gasteiger partial charge in [-0.25, -0.2) is 4.98 Å². The maximum absolute atomic E-state index is 13.0. The molecule has 1 aromatic heterocycles. The Morgan fingerprint density at radius 2 is 1.74 bits per heavy atom. The number of amides is 1. The van der Waals surface area contributed by atoms with E-state index in [1.165, 1.54) is 0 Å². The van der Waals surface area contributed by atoms with Gasteiger partial charge in [0.2, 0.25) is 0 Å². The van der Waals surface area contributed by atoms with Gasteiger partial charge in [0.1, 0.15) is 0 Å². The Morgan fingerprint density at radius 3 is 2.56 bits per heavy atom. The molecule has 0 spiro atoms. The van der Waals surface area contributed by atoms with Gasteiger partial charge in [-0.15, -0.1) is 0 Å². The van der Waals surface area contributed by atoms with Crippen LogP contribution in [0.25, 0.3) is 22.2 Å². The molecule has 0 aliphatic carbocycles. The standard InChI is InChI=1S/C23H17BrN2O/c1-15-6-4-9-18(12-15)25-23(27)20-14-22(16-7-5-8-17(24)13-16)26-21-11-3-2-10-19(20)21/h2-14H,1H3,(H,25,27). The molecular weight excluding hydrogens is 400 g/mol. The van der Waals surface area contributed by atoms with E-state index in [2.05, 4.69) is 21.2 Å². The van der Waals surface area contributed by atoms with Crippen molar-refractivity contribution in [3.63, 3.8) is 0 Å². The smallest absolute Gasteiger partial charge is 0.256 e. The number of halogens is 1. The van der Waals surface area contributed by atoms with E-state index in [0.717, 1.165) is 37.9 Å². The number of pyridine rings is 1. The molecule has 132 valence electrons. The van der Waals surface area contributed by atoms with Crippen LogP contribution in [0.4, 0.5) is 5.69 Å². The van der Waals surface area contributed by atoms with E-state index in [0.29, 0.717) is 5.56 Å². The molecule has 1 heterocycles. The fourth-order valence-corrected chi connectivity index (χ4v) is 3.48. The highest BCUT2D eigenvalue weighted by Gasteiger charge is 2.14. The SMILES string of the molecule is Cc1cccc(NC(=O)c2cc(-c3cccc(Br)c3)nc3ccccc23)c1. The number of benzene rings is 3. The van der Waals surface area contributed by atoms with E-state index in [-0.39, 0.29) is 5.91 Å². The van der Waals surface area contributed by atoms with Gasteiger partial charge in [-0.3, -0.25) is 4.79 Å². The highest BCUT2D eigenvalue weighted by atomic mass is 79.9. The molecule has 1 N–H and O–H groups in total. The van der Waals surface area contributed by atoms with Gasteiger partial charge in [0, 0.05) is 21.1 Å². The number of aryl methyl sites for hydroxylation is 1. The van der Waals surface area contributed by atoms with Crippen molar-refractivity contribution in [2.45, 2.75) is 6.92 Å². The molecule has 3 aromatic carbocycles. The number of anilines is 1. The number of carbonyl (C=O) groups excluding carboxylic acids is 1. The van der Waals surface area contributed by atoms with E-state index >= 15 is 0 Å². The first-order valence-electron chi connectivity index (χ1n) is 8.64. The first kappa shape index (κ1) is 17.4. The van der Waals surface area contributed by atoms with Crippen LogP contribution < -0.4 is 5.32 Å². The minimum absolute atomic E-state index is 0.143. The number of para-hydroxylation sites is 1. The zero-order valence-electron chi connectivity index (χ0n) is 14.7. The predicted octanol–water partition coefficient (Wildman–Crippen LogP) is 6.23. The normalized spacial score (nSPS) is 10.7. The van der Waals surface area contributed by atoms with Crippen LogP contribution in [-0.2, 0) is 0 Å². The van der Waals surface area contributed by atoms with Gasteiger partial charge < -0.3 is 5.32 Å². The largest absolute Gasteiger partial charge is 0.322 e. The fraction of sp³-hybridized carbons (Fsp3) is 0.0435. The topological polar surface area (TPSA) is 42.0 Å². The van der Waals surface area contributed by atoms with Crippen LogP contribution in [0.1, 0.15) is 15.9 Å². The number of hydrogen-bond donors (Lipinski definition) is 1. The van der Waals surface area contributed by atoms with Gasteiger partial charge in [-0.05, 0) is 48.9 Å². The Balaban J connectivity index is 1.82. The number of rotatable bonds is 3. The van der Waals surface area contributed by atoms with Crippen LogP contribution in [0.3, 0.4) is 0 Å². The Hall–Kier alpha value is -2.98. The summed E-state index contributed by atoms with van der Waals surface area (Å²) in [6, 6.07) is 25.3. The molecule has 0 radical (unpaired) electrons. The maximum Gasteiger partial charge on any atom is 0.256 e. The molecule has 0 bridgehead atoms. The average molecular weight is 417 g/mol. The minimum Gasteiger partial charge on any atom is -0.322 e. The molecule has 27 heavy (non-hydrogen) atoms. The van der Waals surface area contributed by atoms with E-state index in [1.807, 2.05) is 85.8 Å². The summed E-state index contributed by atoms with van der Waals surface area (Å²) >= 11 is 3.50. The van der Waals surface area contributed by atoms with Crippen LogP contribution in [0.2, 0.25) is 0 Å². The van der Waals surface area contributed by atoms with E-state index in [4.69, 9.17) is 4.98 Å². The first-order valence-corrected chi connectivity index (χ1v) is 9.43. The number of hydrogen-bond acceptors (Lipinski definition) is 2. The quantitative estimate of drug-likeness (QED) is 0.430. The van der Waals surface area contributed by atoms with E-state index in [9.17, 15) is 4.79 Å². The van der Waals surface area contributed by atoms with Gasteiger partial charge >= 0.3 is 0 Å². The monoisotopic (exact) mass is 416 g/mol. The average Bonchev–Trinajstić information content (AvgIpc) is 2.67. The van der Waals surface area contributed by atoms with Gasteiger partial charge in [-0.1, -0.05) is 58.4 Å². The lowest BCUT2D eigenvalue weighted by Gasteiger charge is -2.11. The summed E-state index contributed by atoms with van der Waals surface area (Å²) in [6.45, 7) is 2.00. The second kappa shape index (κ2) is 7.33. The van der Waals surface area contributed by atoms with Crippen molar-refractivity contribution in [3.8, 4) is 11.3 Å². The van der Waals surface area contributed by atoms with Gasteiger partial charge in [-0.2, -0.15) is 0 Å². The summed E-state index contributed by atoms with van der Waals surface area (Å²) < 4.78 is 0.973. The van der Waals surface area contributed by atoms with Crippen LogP contribution in [0, 0.1) is 6.92 Å². The number of nitrogens with one attached hydrogen (secondary N) is 1. The summed E-state index contributed by atoms with van der Waals surface area (Å²) in [5, 5.41) is 3.84. The molecule has 1 amide bonds. The lowest BCUT2D eigenvalue weighted by atomic mass is 10.0. The fourth-order valence-electron chi connectivity index (χ4n) is 3.08. The van der Waals surface area contributed by atoms with Crippen molar-refractivity contribution < 1.29 is 4.79 Å². The van der Waals surface area contributed by atoms with Gasteiger partial charge in [0.15, 0.2) is 0 Å². The van der Waals surface area contributed by atoms with Crippen LogP contribution in [-0.4, -0.2) is 10.9 Å². The third kappa shape index (κ3) is 3.76. The Morgan fingerprint density at radius 1 is 0.926 bits per heavy atom. The molecule has 0 saturated carbocycles. The molecule has 0 unspecified atom stereocenters. The maximum atomic E-state index is 13.0. The second-order valence-corrected chi connectivity index (χ2v) is 7.32. The summed E-state index contributed by atoms with van der Waals surface area (Å²) in [4.78, 5) is 17.8. The van der Waals surface area contributed by atoms with Crippen LogP contribution >= 0.6 is 15.9 Å². The predicted molar refractivity (Wildman–Crippen MR) is 114 cm³/mol. The van der Waals surface area contributed by atoms with Crippen LogP contribution in [0.15, 0.2) is 83.3 Å². The second-order valence-electron chi connectivity index (χ2n) is 6.41. The van der Waals surface area contributed by atoms with Gasteiger partial charge in [0.25, 0.3) is 5.91 Å². The molecule has 0 atom stereocenters. The van der Waals surface area contributed by atoms with E-state index in [1.54, 1.807) is 0 Å². The lowest BCUT2D eigenvalue weighted by molar-refractivity contribution is 0.102. The van der Waals surface area contributed by atoms with Crippen molar-refractivity contribution in [3.05, 3.63) is 94.5 Å². The minimum atomic E-state index is -0.143. The third-order valence-electron chi connectivity index (χ3n) is 4.36. The molecule has 3 nitrogen and oxygen atoms in total. The van der Waals surface area contributed by atoms with Crippen molar-refractivity contribution in [1.29, 1.82) is 0 Å². The molecule has 0 aliphatic rings. The highest BCUT2D eigenvalue weighted by molar-refractivity contribution is 9.10.